The molecule has 15 heavy (non-hydrogen) atoms. The Labute approximate surface area is 88.2 Å². The molecule has 0 saturated heterocycles. The molecule has 1 rings (SSSR count). The first-order valence-electron chi connectivity index (χ1n) is 3.44. The summed E-state index contributed by atoms with van der Waals surface area (Å²) >= 11 is 2.40. The second kappa shape index (κ2) is 3.99. The number of hydrogen-bond donors (Lipinski definition) is 0. The summed E-state index contributed by atoms with van der Waals surface area (Å²) in [5, 5.41) is 0. The molecule has 0 unspecified atom stereocenters. The molecule has 0 aromatic carbocycles. The summed E-state index contributed by atoms with van der Waals surface area (Å²) in [6.45, 7) is 0. The molecule has 0 spiro atoms. The van der Waals surface area contributed by atoms with Gasteiger partial charge < -0.3 is 0 Å². The molecule has 1 heterocycles. The van der Waals surface area contributed by atoms with Gasteiger partial charge in [0.25, 0.3) is 6.43 Å². The molecule has 8 heteroatoms. The molecule has 1 nitrogen and oxygen atoms in total. The van der Waals surface area contributed by atoms with E-state index in [9.17, 15) is 26.3 Å². The molecule has 0 bridgehead atoms. The van der Waals surface area contributed by atoms with E-state index in [-0.39, 0.29) is 6.07 Å². The Balaban J connectivity index is 3.36. The lowest BCUT2D eigenvalue weighted by atomic mass is 10.2. The maximum absolute atomic E-state index is 12.7. The van der Waals surface area contributed by atoms with Crippen LogP contribution in [-0.2, 0) is 6.18 Å². The van der Waals surface area contributed by atoms with E-state index < -0.39 is 34.3 Å². The largest absolute Gasteiger partial charge is 0.433 e. The van der Waals surface area contributed by atoms with Gasteiger partial charge in [0.15, 0.2) is 0 Å². The topological polar surface area (TPSA) is 12.9 Å². The fourth-order valence-electron chi connectivity index (χ4n) is 0.821. The van der Waals surface area contributed by atoms with Crippen LogP contribution < -0.4 is 0 Å². The van der Waals surface area contributed by atoms with Crippen LogP contribution in [0.2, 0.25) is 0 Å². The number of halogens is 7. The normalized spacial score (nSPS) is 12.3. The van der Waals surface area contributed by atoms with Crippen molar-refractivity contribution in [3.05, 3.63) is 27.7 Å². The molecule has 0 N–H and O–H groups in total. The smallest absolute Gasteiger partial charge is 0.214 e. The second-order valence-electron chi connectivity index (χ2n) is 2.50. The quantitative estimate of drug-likeness (QED) is 0.564. The third-order valence-corrected chi connectivity index (χ3v) is 2.26. The number of aromatic nitrogens is 1. The highest BCUT2D eigenvalue weighted by Crippen LogP contribution is 2.34. The zero-order chi connectivity index (χ0) is 11.8. The van der Waals surface area contributed by atoms with Crippen molar-refractivity contribution in [1.29, 1.82) is 0 Å². The summed E-state index contributed by atoms with van der Waals surface area (Å²) in [4.78, 5) is 2.52. The van der Waals surface area contributed by atoms with Gasteiger partial charge in [-0.2, -0.15) is 17.6 Å². The molecule has 1 aromatic heterocycles. The molecule has 0 radical (unpaired) electrons. The van der Waals surface area contributed by atoms with Gasteiger partial charge in [-0.1, -0.05) is 0 Å². The Kier molecular flexibility index (Phi) is 3.27. The van der Waals surface area contributed by atoms with Crippen molar-refractivity contribution >= 4 is 15.9 Å². The van der Waals surface area contributed by atoms with Crippen molar-refractivity contribution in [2.45, 2.75) is 12.6 Å². The molecule has 0 aliphatic heterocycles. The number of pyridine rings is 1. The Morgan fingerprint density at radius 1 is 1.27 bits per heavy atom. The minimum absolute atomic E-state index is 0.109. The number of hydrogen-bond acceptors (Lipinski definition) is 1. The fraction of sp³-hybridized carbons (Fsp3) is 0.286. The van der Waals surface area contributed by atoms with Crippen LogP contribution in [0.1, 0.15) is 17.7 Å². The van der Waals surface area contributed by atoms with E-state index in [0.717, 1.165) is 0 Å². The first-order chi connectivity index (χ1) is 6.73. The van der Waals surface area contributed by atoms with E-state index in [1.807, 2.05) is 0 Å². The molecule has 0 fully saturated rings. The maximum Gasteiger partial charge on any atom is 0.433 e. The van der Waals surface area contributed by atoms with Crippen LogP contribution >= 0.6 is 15.9 Å². The molecule has 84 valence electrons. The first kappa shape index (κ1) is 12.3. The molecule has 0 atom stereocenters. The van der Waals surface area contributed by atoms with Gasteiger partial charge in [0.05, 0.1) is 4.47 Å². The van der Waals surface area contributed by atoms with E-state index in [0.29, 0.717) is 0 Å². The zero-order valence-corrected chi connectivity index (χ0v) is 8.33. The lowest BCUT2D eigenvalue weighted by Crippen LogP contribution is -2.11. The van der Waals surface area contributed by atoms with E-state index in [1.54, 1.807) is 0 Å². The van der Waals surface area contributed by atoms with Crippen LogP contribution in [0.3, 0.4) is 0 Å². The Hall–Kier alpha value is -0.790. The van der Waals surface area contributed by atoms with E-state index >= 15 is 0 Å². The Morgan fingerprint density at radius 2 is 1.80 bits per heavy atom. The molecule has 0 aliphatic carbocycles. The third kappa shape index (κ3) is 2.61. The van der Waals surface area contributed by atoms with Crippen LogP contribution in [0, 0.1) is 5.95 Å². The van der Waals surface area contributed by atoms with Crippen molar-refractivity contribution in [3.63, 3.8) is 0 Å². The minimum Gasteiger partial charge on any atom is -0.214 e. The van der Waals surface area contributed by atoms with Crippen molar-refractivity contribution in [3.8, 4) is 0 Å². The number of nitrogens with zero attached hydrogens (tertiary/aromatic N) is 1. The molecular formula is C7H2BrF6N. The van der Waals surface area contributed by atoms with Crippen LogP contribution in [0.4, 0.5) is 26.3 Å². The van der Waals surface area contributed by atoms with Gasteiger partial charge in [-0.15, -0.1) is 0 Å². The third-order valence-electron chi connectivity index (χ3n) is 1.47. The van der Waals surface area contributed by atoms with Crippen molar-refractivity contribution < 1.29 is 26.3 Å². The van der Waals surface area contributed by atoms with Gasteiger partial charge in [0, 0.05) is 5.56 Å². The standard InChI is InChI=1S/C7H2BrF6N/c8-4-2(5(9)10)1-3(7(12,13)14)15-6(4)11/h1,5H. The van der Waals surface area contributed by atoms with Crippen LogP contribution in [0.15, 0.2) is 10.5 Å². The van der Waals surface area contributed by atoms with Crippen LogP contribution in [0.5, 0.6) is 0 Å². The van der Waals surface area contributed by atoms with E-state index in [2.05, 4.69) is 20.9 Å². The zero-order valence-electron chi connectivity index (χ0n) is 6.75. The lowest BCUT2D eigenvalue weighted by Gasteiger charge is -2.09. The first-order valence-corrected chi connectivity index (χ1v) is 4.24. The minimum atomic E-state index is -4.95. The highest BCUT2D eigenvalue weighted by Gasteiger charge is 2.35. The van der Waals surface area contributed by atoms with Crippen molar-refractivity contribution in [1.82, 2.24) is 4.98 Å². The summed E-state index contributed by atoms with van der Waals surface area (Å²) in [7, 11) is 0. The molecule has 0 amide bonds. The van der Waals surface area contributed by atoms with E-state index in [4.69, 9.17) is 0 Å². The summed E-state index contributed by atoms with van der Waals surface area (Å²) in [6, 6.07) is 0.109. The summed E-state index contributed by atoms with van der Waals surface area (Å²) < 4.78 is 72.5. The van der Waals surface area contributed by atoms with Crippen molar-refractivity contribution in [2.24, 2.45) is 0 Å². The molecule has 1 aromatic rings. The average Bonchev–Trinajstić information content (AvgIpc) is 2.06. The number of rotatable bonds is 1. The maximum atomic E-state index is 12.7. The van der Waals surface area contributed by atoms with Crippen molar-refractivity contribution in [2.75, 3.05) is 0 Å². The van der Waals surface area contributed by atoms with Gasteiger partial charge >= 0.3 is 6.18 Å². The SMILES string of the molecule is Fc1nc(C(F)(F)F)cc(C(F)F)c1Br. The van der Waals surface area contributed by atoms with Gasteiger partial charge in [0.1, 0.15) is 5.69 Å². The average molecular weight is 294 g/mol. The lowest BCUT2D eigenvalue weighted by molar-refractivity contribution is -0.141. The summed E-state index contributed by atoms with van der Waals surface area (Å²) in [5.74, 6) is -1.61. The predicted octanol–water partition coefficient (Wildman–Crippen LogP) is 3.94. The molecule has 0 aliphatic rings. The summed E-state index contributed by atoms with van der Waals surface area (Å²) in [6.07, 6.45) is -8.16. The Bertz CT molecular complexity index is 374. The van der Waals surface area contributed by atoms with Crippen LogP contribution in [-0.4, -0.2) is 4.98 Å². The molecular weight excluding hydrogens is 292 g/mol. The summed E-state index contributed by atoms with van der Waals surface area (Å²) in [5.41, 5.74) is -2.76. The van der Waals surface area contributed by atoms with Gasteiger partial charge in [-0.25, -0.2) is 13.8 Å². The predicted molar refractivity (Wildman–Crippen MR) is 41.9 cm³/mol. The molecule has 0 saturated carbocycles. The second-order valence-corrected chi connectivity index (χ2v) is 3.29. The highest BCUT2D eigenvalue weighted by atomic mass is 79.9. The van der Waals surface area contributed by atoms with Gasteiger partial charge in [-0.3, -0.25) is 0 Å². The Morgan fingerprint density at radius 3 is 2.20 bits per heavy atom. The van der Waals surface area contributed by atoms with E-state index in [1.165, 1.54) is 0 Å². The van der Waals surface area contributed by atoms with Gasteiger partial charge in [-0.05, 0) is 22.0 Å². The monoisotopic (exact) mass is 293 g/mol. The fourth-order valence-corrected chi connectivity index (χ4v) is 1.20. The van der Waals surface area contributed by atoms with Gasteiger partial charge in [0.2, 0.25) is 5.95 Å². The number of alkyl halides is 5. The van der Waals surface area contributed by atoms with Crippen LogP contribution in [0.25, 0.3) is 0 Å². The highest BCUT2D eigenvalue weighted by molar-refractivity contribution is 9.10.